The van der Waals surface area contributed by atoms with E-state index in [0.717, 1.165) is 25.7 Å². The first-order valence-corrected chi connectivity index (χ1v) is 7.16. The van der Waals surface area contributed by atoms with Gasteiger partial charge in [0.15, 0.2) is 0 Å². The highest BCUT2D eigenvalue weighted by atomic mass is 16.4. The van der Waals surface area contributed by atoms with Gasteiger partial charge in [-0.3, -0.25) is 9.59 Å². The molecule has 1 fully saturated rings. The molecule has 1 atom stereocenters. The molecule has 1 rings (SSSR count). The highest BCUT2D eigenvalue weighted by molar-refractivity contribution is 5.87. The molecule has 0 aromatic rings. The summed E-state index contributed by atoms with van der Waals surface area (Å²) in [6.45, 7) is 4.26. The Balaban J connectivity index is 2.29. The molecule has 20 heavy (non-hydrogen) atoms. The molecule has 6 nitrogen and oxygen atoms in total. The van der Waals surface area contributed by atoms with Crippen molar-refractivity contribution in [1.29, 1.82) is 0 Å². The topological polar surface area (TPSA) is 86.7 Å². The van der Waals surface area contributed by atoms with Crippen molar-refractivity contribution in [2.24, 2.45) is 0 Å². The van der Waals surface area contributed by atoms with Crippen molar-refractivity contribution in [2.75, 3.05) is 13.1 Å². The molecule has 0 radical (unpaired) electrons. The summed E-state index contributed by atoms with van der Waals surface area (Å²) in [5.41, 5.74) is -1.03. The van der Waals surface area contributed by atoms with Crippen molar-refractivity contribution in [2.45, 2.75) is 57.9 Å². The maximum atomic E-state index is 12.1. The van der Waals surface area contributed by atoms with Gasteiger partial charge in [-0.15, -0.1) is 0 Å². The van der Waals surface area contributed by atoms with Crippen LogP contribution in [0.2, 0.25) is 0 Å². The van der Waals surface area contributed by atoms with Gasteiger partial charge >= 0.3 is 5.97 Å². The van der Waals surface area contributed by atoms with Gasteiger partial charge in [0, 0.05) is 26.4 Å². The monoisotopic (exact) mass is 284 g/mol. The number of rotatable bonds is 7. The van der Waals surface area contributed by atoms with Gasteiger partial charge in [-0.05, 0) is 32.6 Å². The van der Waals surface area contributed by atoms with Crippen LogP contribution >= 0.6 is 0 Å². The van der Waals surface area contributed by atoms with Crippen molar-refractivity contribution >= 4 is 17.8 Å². The molecule has 0 saturated carbocycles. The molecule has 6 heteroatoms. The summed E-state index contributed by atoms with van der Waals surface area (Å²) in [5.74, 6) is -1.05. The minimum atomic E-state index is -1.03. The zero-order chi connectivity index (χ0) is 15.2. The Labute approximate surface area is 119 Å². The molecule has 1 aliphatic rings. The Kier molecular flexibility index (Phi) is 5.98. The summed E-state index contributed by atoms with van der Waals surface area (Å²) in [4.78, 5) is 35.6. The van der Waals surface area contributed by atoms with Gasteiger partial charge < -0.3 is 15.3 Å². The number of nitrogens with zero attached hydrogens (tertiary/aromatic N) is 1. The van der Waals surface area contributed by atoms with E-state index in [1.54, 1.807) is 6.92 Å². The number of hydrogen-bond donors (Lipinski definition) is 2. The molecule has 0 bridgehead atoms. The summed E-state index contributed by atoms with van der Waals surface area (Å²) in [6, 6.07) is 0. The van der Waals surface area contributed by atoms with Crippen LogP contribution in [0, 0.1) is 0 Å². The molecule has 0 aromatic carbocycles. The first-order chi connectivity index (χ1) is 9.38. The molecular weight excluding hydrogens is 260 g/mol. The Hall–Kier alpha value is -1.59. The van der Waals surface area contributed by atoms with Crippen LogP contribution in [0.3, 0.4) is 0 Å². The summed E-state index contributed by atoms with van der Waals surface area (Å²) in [6.07, 6.45) is 4.06. The van der Waals surface area contributed by atoms with E-state index >= 15 is 0 Å². The highest BCUT2D eigenvalue weighted by Crippen LogP contribution is 2.30. The lowest BCUT2D eigenvalue weighted by Crippen LogP contribution is -2.50. The van der Waals surface area contributed by atoms with E-state index in [2.05, 4.69) is 5.32 Å². The minimum absolute atomic E-state index is 0.0460. The van der Waals surface area contributed by atoms with Crippen LogP contribution in [0.5, 0.6) is 0 Å². The Morgan fingerprint density at radius 1 is 1.25 bits per heavy atom. The first-order valence-electron chi connectivity index (χ1n) is 7.16. The maximum absolute atomic E-state index is 12.1. The average molecular weight is 284 g/mol. The summed E-state index contributed by atoms with van der Waals surface area (Å²) >= 11 is 0. The van der Waals surface area contributed by atoms with Crippen LogP contribution in [0.25, 0.3) is 0 Å². The SMILES string of the molecule is CC(=O)NCCCCCC(=O)N1CCCC1(C)C(=O)O. The van der Waals surface area contributed by atoms with E-state index < -0.39 is 11.5 Å². The predicted octanol–water partition coefficient (Wildman–Crippen LogP) is 1.15. The number of amides is 2. The predicted molar refractivity (Wildman–Crippen MR) is 74.1 cm³/mol. The van der Waals surface area contributed by atoms with Gasteiger partial charge in [0.1, 0.15) is 5.54 Å². The average Bonchev–Trinajstić information content (AvgIpc) is 2.76. The largest absolute Gasteiger partial charge is 0.480 e. The lowest BCUT2D eigenvalue weighted by Gasteiger charge is -2.31. The molecular formula is C14H24N2O4. The van der Waals surface area contributed by atoms with Crippen LogP contribution in [0.15, 0.2) is 0 Å². The smallest absolute Gasteiger partial charge is 0.329 e. The third-order valence-electron chi connectivity index (χ3n) is 3.84. The molecule has 114 valence electrons. The van der Waals surface area contributed by atoms with Crippen LogP contribution in [0.4, 0.5) is 0 Å². The van der Waals surface area contributed by atoms with E-state index in [-0.39, 0.29) is 11.8 Å². The number of carbonyl (C=O) groups excluding carboxylic acids is 2. The van der Waals surface area contributed by atoms with Crippen LogP contribution in [-0.4, -0.2) is 46.4 Å². The number of likely N-dealkylation sites (tertiary alicyclic amines) is 1. The highest BCUT2D eigenvalue weighted by Gasteiger charge is 2.45. The molecule has 1 saturated heterocycles. The number of aliphatic carboxylic acids is 1. The number of carbonyl (C=O) groups is 3. The van der Waals surface area contributed by atoms with E-state index in [4.69, 9.17) is 0 Å². The zero-order valence-electron chi connectivity index (χ0n) is 12.3. The molecule has 0 aliphatic carbocycles. The summed E-state index contributed by atoms with van der Waals surface area (Å²) in [5, 5.41) is 12.0. The van der Waals surface area contributed by atoms with Gasteiger partial charge in [-0.25, -0.2) is 4.79 Å². The van der Waals surface area contributed by atoms with Crippen LogP contribution in [-0.2, 0) is 14.4 Å². The molecule has 0 spiro atoms. The van der Waals surface area contributed by atoms with Gasteiger partial charge in [0.25, 0.3) is 0 Å². The fourth-order valence-corrected chi connectivity index (χ4v) is 2.56. The lowest BCUT2D eigenvalue weighted by molar-refractivity contribution is -0.155. The van der Waals surface area contributed by atoms with Crippen LogP contribution < -0.4 is 5.32 Å². The Bertz CT molecular complexity index is 383. The van der Waals surface area contributed by atoms with Crippen molar-refractivity contribution in [3.63, 3.8) is 0 Å². The Morgan fingerprint density at radius 2 is 1.95 bits per heavy atom. The normalized spacial score (nSPS) is 21.8. The lowest BCUT2D eigenvalue weighted by atomic mass is 9.99. The third kappa shape index (κ3) is 4.21. The number of carboxylic acid groups (broad SMARTS) is 1. The number of hydrogen-bond acceptors (Lipinski definition) is 3. The van der Waals surface area contributed by atoms with Crippen LogP contribution in [0.1, 0.15) is 52.4 Å². The van der Waals surface area contributed by atoms with E-state index in [0.29, 0.717) is 25.9 Å². The number of nitrogens with one attached hydrogen (secondary N) is 1. The standard InChI is InChI=1S/C14H24N2O4/c1-11(17)15-9-5-3-4-7-12(18)16-10-6-8-14(16,2)13(19)20/h3-10H2,1-2H3,(H,15,17)(H,19,20). The van der Waals surface area contributed by atoms with Crippen molar-refractivity contribution in [3.8, 4) is 0 Å². The first kappa shape index (κ1) is 16.5. The zero-order valence-corrected chi connectivity index (χ0v) is 12.3. The second kappa shape index (κ2) is 7.26. The summed E-state index contributed by atoms with van der Waals surface area (Å²) in [7, 11) is 0. The number of carboxylic acids is 1. The molecule has 1 unspecified atom stereocenters. The second-order valence-corrected chi connectivity index (χ2v) is 5.52. The van der Waals surface area contributed by atoms with E-state index in [9.17, 15) is 19.5 Å². The van der Waals surface area contributed by atoms with Gasteiger partial charge in [0.2, 0.25) is 11.8 Å². The molecule has 2 amide bonds. The second-order valence-electron chi connectivity index (χ2n) is 5.52. The fourth-order valence-electron chi connectivity index (χ4n) is 2.56. The maximum Gasteiger partial charge on any atom is 0.329 e. The molecule has 2 N–H and O–H groups in total. The van der Waals surface area contributed by atoms with Gasteiger partial charge in [-0.1, -0.05) is 6.42 Å². The number of unbranched alkanes of at least 4 members (excludes halogenated alkanes) is 2. The minimum Gasteiger partial charge on any atom is -0.480 e. The van der Waals surface area contributed by atoms with Crippen molar-refractivity contribution in [1.82, 2.24) is 10.2 Å². The Morgan fingerprint density at radius 3 is 2.55 bits per heavy atom. The summed E-state index contributed by atoms with van der Waals surface area (Å²) < 4.78 is 0. The third-order valence-corrected chi connectivity index (χ3v) is 3.84. The van der Waals surface area contributed by atoms with Crippen molar-refractivity contribution in [3.05, 3.63) is 0 Å². The fraction of sp³-hybridized carbons (Fsp3) is 0.786. The quantitative estimate of drug-likeness (QED) is 0.687. The van der Waals surface area contributed by atoms with E-state index in [1.165, 1.54) is 11.8 Å². The van der Waals surface area contributed by atoms with E-state index in [1.807, 2.05) is 0 Å². The molecule has 1 heterocycles. The molecule has 1 aliphatic heterocycles. The van der Waals surface area contributed by atoms with Crippen molar-refractivity contribution < 1.29 is 19.5 Å². The molecule has 0 aromatic heterocycles. The van der Waals surface area contributed by atoms with Gasteiger partial charge in [-0.2, -0.15) is 0 Å². The van der Waals surface area contributed by atoms with Gasteiger partial charge in [0.05, 0.1) is 0 Å².